The number of hydrogen-bond donors (Lipinski definition) is 2. The van der Waals surface area contributed by atoms with E-state index in [0.29, 0.717) is 6.54 Å². The Labute approximate surface area is 177 Å². The maximum Gasteiger partial charge on any atom is 0.120 e. The number of methoxy groups -OCH3 is 1. The molecule has 0 aromatic heterocycles. The van der Waals surface area contributed by atoms with Crippen LogP contribution in [0, 0.1) is 0 Å². The van der Waals surface area contributed by atoms with Gasteiger partial charge in [-0.3, -0.25) is 4.90 Å². The van der Waals surface area contributed by atoms with Crippen LogP contribution < -0.4 is 4.74 Å². The average Bonchev–Trinajstić information content (AvgIpc) is 2.75. The van der Waals surface area contributed by atoms with Crippen molar-refractivity contribution in [2.45, 2.75) is 25.2 Å². The molecule has 5 nitrogen and oxygen atoms in total. The Hall–Kier alpha value is -2.44. The molecule has 3 aromatic carbocycles. The molecular weight excluding hydrogens is 378 g/mol. The van der Waals surface area contributed by atoms with Crippen LogP contribution >= 0.6 is 0 Å². The molecule has 158 valence electrons. The normalized spacial score (nSPS) is 16.9. The van der Waals surface area contributed by atoms with Gasteiger partial charge in [-0.05, 0) is 52.6 Å². The summed E-state index contributed by atoms with van der Waals surface area (Å²) in [6, 6.07) is 20.1. The van der Waals surface area contributed by atoms with E-state index < -0.39 is 6.10 Å². The Morgan fingerprint density at radius 1 is 1.03 bits per heavy atom. The summed E-state index contributed by atoms with van der Waals surface area (Å²) in [5, 5.41) is 22.1. The number of β-amino-alcohol motifs (C(OH)–C–C–N with tert-alkyl or cyclic N) is 1. The van der Waals surface area contributed by atoms with E-state index in [1.807, 2.05) is 42.5 Å². The minimum Gasteiger partial charge on any atom is -0.491 e. The van der Waals surface area contributed by atoms with Gasteiger partial charge in [-0.1, -0.05) is 42.5 Å². The van der Waals surface area contributed by atoms with Gasteiger partial charge in [0.05, 0.1) is 12.2 Å². The second-order valence-corrected chi connectivity index (χ2v) is 8.33. The standard InChI is InChI=1S/C25H29NO4/c1-25(29-2)16-26(17-25)13-22(28)15-30-23-10-9-18-7-8-19(11-21(18)12-23)24-6-4-3-5-20(24)14-27/h3-12,22,27-28H,13-17H2,1-2H3. The zero-order chi connectivity index (χ0) is 21.1. The Balaban J connectivity index is 1.43. The lowest BCUT2D eigenvalue weighted by Crippen LogP contribution is -2.62. The molecular formula is C25H29NO4. The first-order chi connectivity index (χ1) is 14.5. The largest absolute Gasteiger partial charge is 0.491 e. The molecule has 0 amide bonds. The highest BCUT2D eigenvalue weighted by molar-refractivity contribution is 5.88. The van der Waals surface area contributed by atoms with E-state index >= 15 is 0 Å². The molecule has 1 aliphatic heterocycles. The maximum atomic E-state index is 10.3. The molecule has 5 heteroatoms. The number of likely N-dealkylation sites (tertiary alicyclic amines) is 1. The minimum atomic E-state index is -0.551. The first-order valence-electron chi connectivity index (χ1n) is 10.3. The number of rotatable bonds is 8. The first kappa shape index (κ1) is 20.8. The van der Waals surface area contributed by atoms with E-state index in [4.69, 9.17) is 9.47 Å². The number of aliphatic hydroxyl groups excluding tert-OH is 2. The van der Waals surface area contributed by atoms with Gasteiger partial charge >= 0.3 is 0 Å². The van der Waals surface area contributed by atoms with E-state index in [9.17, 15) is 10.2 Å². The van der Waals surface area contributed by atoms with Gasteiger partial charge in [-0.2, -0.15) is 0 Å². The van der Waals surface area contributed by atoms with Crippen molar-refractivity contribution in [3.05, 3.63) is 66.2 Å². The molecule has 2 N–H and O–H groups in total. The van der Waals surface area contributed by atoms with Gasteiger partial charge in [-0.25, -0.2) is 0 Å². The van der Waals surface area contributed by atoms with E-state index in [2.05, 4.69) is 30.0 Å². The van der Waals surface area contributed by atoms with Crippen LogP contribution in [0.5, 0.6) is 5.75 Å². The monoisotopic (exact) mass is 407 g/mol. The molecule has 0 spiro atoms. The SMILES string of the molecule is COC1(C)CN(CC(O)COc2ccc3ccc(-c4ccccc4CO)cc3c2)C1. The summed E-state index contributed by atoms with van der Waals surface area (Å²) in [6.45, 7) is 4.57. The molecule has 1 saturated heterocycles. The fourth-order valence-corrected chi connectivity index (χ4v) is 4.12. The van der Waals surface area contributed by atoms with Gasteiger partial charge in [0.2, 0.25) is 0 Å². The molecule has 3 aromatic rings. The van der Waals surface area contributed by atoms with Crippen LogP contribution in [0.15, 0.2) is 60.7 Å². The van der Waals surface area contributed by atoms with Gasteiger partial charge in [0.25, 0.3) is 0 Å². The highest BCUT2D eigenvalue weighted by Crippen LogP contribution is 2.29. The number of benzene rings is 3. The van der Waals surface area contributed by atoms with Crippen LogP contribution in [0.1, 0.15) is 12.5 Å². The Morgan fingerprint density at radius 3 is 2.57 bits per heavy atom. The lowest BCUT2D eigenvalue weighted by atomic mass is 9.96. The fourth-order valence-electron chi connectivity index (χ4n) is 4.12. The molecule has 30 heavy (non-hydrogen) atoms. The van der Waals surface area contributed by atoms with Crippen LogP contribution in [-0.2, 0) is 11.3 Å². The number of fused-ring (bicyclic) bond motifs is 1. The highest BCUT2D eigenvalue weighted by Gasteiger charge is 2.39. The Bertz CT molecular complexity index is 1010. The van der Waals surface area contributed by atoms with Crippen molar-refractivity contribution >= 4 is 10.8 Å². The third kappa shape index (κ3) is 4.50. The molecule has 0 saturated carbocycles. The van der Waals surface area contributed by atoms with Crippen molar-refractivity contribution < 1.29 is 19.7 Å². The minimum absolute atomic E-state index is 0.00972. The van der Waals surface area contributed by atoms with Gasteiger partial charge < -0.3 is 19.7 Å². The summed E-state index contributed by atoms with van der Waals surface area (Å²) in [7, 11) is 1.73. The molecule has 1 fully saturated rings. The third-order valence-corrected chi connectivity index (χ3v) is 5.83. The van der Waals surface area contributed by atoms with Crippen LogP contribution in [0.3, 0.4) is 0 Å². The zero-order valence-corrected chi connectivity index (χ0v) is 17.5. The summed E-state index contributed by atoms with van der Waals surface area (Å²) >= 11 is 0. The maximum absolute atomic E-state index is 10.3. The average molecular weight is 408 g/mol. The van der Waals surface area contributed by atoms with Crippen LogP contribution in [0.2, 0.25) is 0 Å². The summed E-state index contributed by atoms with van der Waals surface area (Å²) in [6.07, 6.45) is -0.551. The summed E-state index contributed by atoms with van der Waals surface area (Å²) in [5.41, 5.74) is 2.90. The zero-order valence-electron chi connectivity index (χ0n) is 17.5. The van der Waals surface area contributed by atoms with Gasteiger partial charge in [-0.15, -0.1) is 0 Å². The van der Waals surface area contributed by atoms with Crippen molar-refractivity contribution in [2.24, 2.45) is 0 Å². The van der Waals surface area contributed by atoms with E-state index in [1.54, 1.807) is 7.11 Å². The van der Waals surface area contributed by atoms with Gasteiger partial charge in [0.15, 0.2) is 0 Å². The van der Waals surface area contributed by atoms with Crippen molar-refractivity contribution in [3.8, 4) is 16.9 Å². The van der Waals surface area contributed by atoms with Crippen molar-refractivity contribution in [1.82, 2.24) is 4.90 Å². The van der Waals surface area contributed by atoms with Crippen molar-refractivity contribution in [1.29, 1.82) is 0 Å². The summed E-state index contributed by atoms with van der Waals surface area (Å²) in [4.78, 5) is 2.17. The molecule has 4 rings (SSSR count). The van der Waals surface area contributed by atoms with Crippen molar-refractivity contribution in [2.75, 3.05) is 33.4 Å². The number of hydrogen-bond acceptors (Lipinski definition) is 5. The topological polar surface area (TPSA) is 62.2 Å². The molecule has 0 radical (unpaired) electrons. The predicted molar refractivity (Wildman–Crippen MR) is 119 cm³/mol. The summed E-state index contributed by atoms with van der Waals surface area (Å²) < 4.78 is 11.3. The first-order valence-corrected chi connectivity index (χ1v) is 10.3. The number of aliphatic hydroxyl groups is 2. The number of nitrogens with zero attached hydrogens (tertiary/aromatic N) is 1. The van der Waals surface area contributed by atoms with E-state index in [0.717, 1.165) is 46.3 Å². The molecule has 1 heterocycles. The van der Waals surface area contributed by atoms with Gasteiger partial charge in [0, 0.05) is 26.7 Å². The molecule has 0 aliphatic carbocycles. The third-order valence-electron chi connectivity index (χ3n) is 5.83. The second kappa shape index (κ2) is 8.74. The quantitative estimate of drug-likeness (QED) is 0.599. The van der Waals surface area contributed by atoms with E-state index in [1.165, 1.54) is 0 Å². The molecule has 1 atom stereocenters. The Morgan fingerprint density at radius 2 is 1.80 bits per heavy atom. The second-order valence-electron chi connectivity index (χ2n) is 8.33. The smallest absolute Gasteiger partial charge is 0.120 e. The van der Waals surface area contributed by atoms with E-state index in [-0.39, 0.29) is 18.8 Å². The fraction of sp³-hybridized carbons (Fsp3) is 0.360. The lowest BCUT2D eigenvalue weighted by Gasteiger charge is -2.47. The van der Waals surface area contributed by atoms with Crippen LogP contribution in [0.25, 0.3) is 21.9 Å². The lowest BCUT2D eigenvalue weighted by molar-refractivity contribution is -0.121. The van der Waals surface area contributed by atoms with Crippen LogP contribution in [0.4, 0.5) is 0 Å². The molecule has 0 bridgehead atoms. The Kier molecular flexibility index (Phi) is 6.06. The summed E-state index contributed by atoms with van der Waals surface area (Å²) in [5.74, 6) is 0.736. The predicted octanol–water partition coefficient (Wildman–Crippen LogP) is 3.46. The van der Waals surface area contributed by atoms with Gasteiger partial charge in [0.1, 0.15) is 18.5 Å². The van der Waals surface area contributed by atoms with Crippen LogP contribution in [-0.4, -0.2) is 60.2 Å². The molecule has 1 aliphatic rings. The highest BCUT2D eigenvalue weighted by atomic mass is 16.5. The molecule has 1 unspecified atom stereocenters. The number of ether oxygens (including phenoxy) is 2. The van der Waals surface area contributed by atoms with Crippen molar-refractivity contribution in [3.63, 3.8) is 0 Å².